The van der Waals surface area contributed by atoms with E-state index in [0.717, 1.165) is 24.4 Å². The number of hydrogen-bond acceptors (Lipinski definition) is 4. The molecule has 2 saturated heterocycles. The third-order valence-electron chi connectivity index (χ3n) is 4.48. The smallest absolute Gasteiger partial charge is 0.313 e. The van der Waals surface area contributed by atoms with Crippen LogP contribution < -0.4 is 0 Å². The minimum Gasteiger partial charge on any atom is -0.481 e. The molecule has 2 aliphatic heterocycles. The van der Waals surface area contributed by atoms with Gasteiger partial charge in [0.25, 0.3) is 0 Å². The lowest BCUT2D eigenvalue weighted by atomic mass is 9.76. The fraction of sp³-hybridized carbons (Fsp3) is 0.692. The number of hydrogen-bond donors (Lipinski definition) is 2. The Morgan fingerprint density at radius 1 is 1.70 bits per heavy atom. The molecule has 6 nitrogen and oxygen atoms in total. The summed E-state index contributed by atoms with van der Waals surface area (Å²) in [5, 5.41) is 17.3. The molecule has 2 N–H and O–H groups in total. The van der Waals surface area contributed by atoms with Crippen molar-refractivity contribution in [2.24, 2.45) is 11.3 Å². The van der Waals surface area contributed by atoms with Gasteiger partial charge in [-0.3, -0.25) is 14.8 Å². The largest absolute Gasteiger partial charge is 0.481 e. The van der Waals surface area contributed by atoms with Gasteiger partial charge in [-0.05, 0) is 19.3 Å². The standard InChI is InChI=1S/C13H18ClN3O3/c1-8-11(14)10(16-15-8)5-17-4-9-2-3-20-7-13(9,6-17)12(18)19/h9H,2-7H2,1H3,(H,15,16)(H,18,19)/t9-,13+/m0/s1. The summed E-state index contributed by atoms with van der Waals surface area (Å²) in [4.78, 5) is 13.8. The lowest BCUT2D eigenvalue weighted by molar-refractivity contribution is -0.159. The van der Waals surface area contributed by atoms with Crippen LogP contribution >= 0.6 is 11.6 Å². The summed E-state index contributed by atoms with van der Waals surface area (Å²) in [5.74, 6) is -0.610. The highest BCUT2D eigenvalue weighted by Crippen LogP contribution is 2.42. The monoisotopic (exact) mass is 299 g/mol. The maximum atomic E-state index is 11.7. The Morgan fingerprint density at radius 2 is 2.50 bits per heavy atom. The van der Waals surface area contributed by atoms with Crippen molar-refractivity contribution in [3.05, 3.63) is 16.4 Å². The number of nitrogens with one attached hydrogen (secondary N) is 1. The van der Waals surface area contributed by atoms with E-state index in [1.807, 2.05) is 6.92 Å². The second-order valence-corrected chi connectivity index (χ2v) is 6.16. The quantitative estimate of drug-likeness (QED) is 0.879. The first-order valence-electron chi connectivity index (χ1n) is 6.76. The Morgan fingerprint density at radius 3 is 3.10 bits per heavy atom. The Hall–Kier alpha value is -1.11. The van der Waals surface area contributed by atoms with Crippen LogP contribution in [-0.2, 0) is 16.1 Å². The molecule has 0 bridgehead atoms. The molecule has 2 fully saturated rings. The zero-order valence-corrected chi connectivity index (χ0v) is 12.1. The predicted molar refractivity (Wildman–Crippen MR) is 72.6 cm³/mol. The number of likely N-dealkylation sites (tertiary alicyclic amines) is 1. The van der Waals surface area contributed by atoms with E-state index in [1.165, 1.54) is 0 Å². The summed E-state index contributed by atoms with van der Waals surface area (Å²) in [7, 11) is 0. The minimum absolute atomic E-state index is 0.146. The molecule has 0 radical (unpaired) electrons. The predicted octanol–water partition coefficient (Wildman–Crippen LogP) is 1.29. The van der Waals surface area contributed by atoms with E-state index in [9.17, 15) is 9.90 Å². The number of aromatic nitrogens is 2. The van der Waals surface area contributed by atoms with Gasteiger partial charge in [-0.2, -0.15) is 5.10 Å². The number of carbonyl (C=O) groups is 1. The number of carboxylic acid groups (broad SMARTS) is 1. The number of H-pyrrole nitrogens is 1. The van der Waals surface area contributed by atoms with Crippen LogP contribution in [0.4, 0.5) is 0 Å². The van der Waals surface area contributed by atoms with Gasteiger partial charge in [0.2, 0.25) is 0 Å². The summed E-state index contributed by atoms with van der Waals surface area (Å²) in [6.07, 6.45) is 0.802. The second kappa shape index (κ2) is 5.02. The maximum Gasteiger partial charge on any atom is 0.313 e. The number of aliphatic carboxylic acids is 1. The molecule has 2 atom stereocenters. The normalized spacial score (nSPS) is 30.4. The first-order chi connectivity index (χ1) is 9.53. The molecule has 7 heteroatoms. The average Bonchev–Trinajstić information content (AvgIpc) is 2.94. The number of rotatable bonds is 3. The van der Waals surface area contributed by atoms with Crippen molar-refractivity contribution in [3.63, 3.8) is 0 Å². The van der Waals surface area contributed by atoms with Gasteiger partial charge in [0.05, 0.1) is 23.0 Å². The van der Waals surface area contributed by atoms with Crippen LogP contribution in [0.3, 0.4) is 0 Å². The maximum absolute atomic E-state index is 11.7. The van der Waals surface area contributed by atoms with Crippen LogP contribution in [0, 0.1) is 18.3 Å². The van der Waals surface area contributed by atoms with Gasteiger partial charge >= 0.3 is 5.97 Å². The highest BCUT2D eigenvalue weighted by Gasteiger charge is 2.54. The Balaban J connectivity index is 1.77. The number of aryl methyl sites for hydroxylation is 1. The zero-order valence-electron chi connectivity index (χ0n) is 11.4. The summed E-state index contributed by atoms with van der Waals surface area (Å²) in [6, 6.07) is 0. The molecule has 1 aromatic rings. The van der Waals surface area contributed by atoms with Crippen molar-refractivity contribution >= 4 is 17.6 Å². The first-order valence-corrected chi connectivity index (χ1v) is 7.13. The van der Waals surface area contributed by atoms with Gasteiger partial charge in [0, 0.05) is 26.2 Å². The van der Waals surface area contributed by atoms with E-state index < -0.39 is 11.4 Å². The van der Waals surface area contributed by atoms with Gasteiger partial charge in [-0.15, -0.1) is 0 Å². The lowest BCUT2D eigenvalue weighted by Crippen LogP contribution is -2.46. The van der Waals surface area contributed by atoms with E-state index in [1.54, 1.807) is 0 Å². The molecule has 0 aliphatic carbocycles. The topological polar surface area (TPSA) is 78.5 Å². The van der Waals surface area contributed by atoms with Crippen molar-refractivity contribution in [3.8, 4) is 0 Å². The molecule has 20 heavy (non-hydrogen) atoms. The van der Waals surface area contributed by atoms with Gasteiger partial charge in [-0.25, -0.2) is 0 Å². The summed E-state index contributed by atoms with van der Waals surface area (Å²) in [6.45, 7) is 4.66. The molecule has 0 unspecified atom stereocenters. The fourth-order valence-corrected chi connectivity index (χ4v) is 3.44. The van der Waals surface area contributed by atoms with Crippen molar-refractivity contribution in [2.45, 2.75) is 19.9 Å². The SMILES string of the molecule is Cc1[nH]nc(CN2C[C@@H]3CCOC[C@]3(C(=O)O)C2)c1Cl. The van der Waals surface area contributed by atoms with Crippen LogP contribution in [0.1, 0.15) is 17.8 Å². The molecule has 0 aromatic carbocycles. The van der Waals surface area contributed by atoms with E-state index in [4.69, 9.17) is 16.3 Å². The Kier molecular flexibility index (Phi) is 3.48. The molecule has 2 aliphatic rings. The van der Waals surface area contributed by atoms with Gasteiger partial charge in [-0.1, -0.05) is 11.6 Å². The molecular formula is C13H18ClN3O3. The minimum atomic E-state index is -0.768. The lowest BCUT2D eigenvalue weighted by Gasteiger charge is -2.34. The first kappa shape index (κ1) is 13.9. The van der Waals surface area contributed by atoms with Crippen LogP contribution in [0.15, 0.2) is 0 Å². The van der Waals surface area contributed by atoms with Gasteiger partial charge in [0.15, 0.2) is 0 Å². The van der Waals surface area contributed by atoms with Crippen LogP contribution in [0.2, 0.25) is 5.02 Å². The van der Waals surface area contributed by atoms with Crippen molar-refractivity contribution in [1.82, 2.24) is 15.1 Å². The molecule has 0 saturated carbocycles. The van der Waals surface area contributed by atoms with Crippen molar-refractivity contribution in [2.75, 3.05) is 26.3 Å². The molecule has 3 rings (SSSR count). The Labute approximate surface area is 122 Å². The number of nitrogens with zero attached hydrogens (tertiary/aromatic N) is 2. The molecule has 110 valence electrons. The van der Waals surface area contributed by atoms with Crippen LogP contribution in [0.25, 0.3) is 0 Å². The summed E-state index contributed by atoms with van der Waals surface area (Å²) < 4.78 is 5.42. The fourth-order valence-electron chi connectivity index (χ4n) is 3.30. The molecule has 0 spiro atoms. The van der Waals surface area contributed by atoms with Gasteiger partial charge < -0.3 is 9.84 Å². The summed E-state index contributed by atoms with van der Waals surface area (Å²) >= 11 is 6.18. The molecule has 3 heterocycles. The highest BCUT2D eigenvalue weighted by molar-refractivity contribution is 6.31. The van der Waals surface area contributed by atoms with E-state index in [-0.39, 0.29) is 5.92 Å². The number of ether oxygens (including phenoxy) is 1. The highest BCUT2D eigenvalue weighted by atomic mass is 35.5. The van der Waals surface area contributed by atoms with Gasteiger partial charge in [0.1, 0.15) is 5.41 Å². The number of aromatic amines is 1. The third-order valence-corrected chi connectivity index (χ3v) is 4.98. The third kappa shape index (κ3) is 2.12. The van der Waals surface area contributed by atoms with Crippen molar-refractivity contribution in [1.29, 1.82) is 0 Å². The van der Waals surface area contributed by atoms with Crippen molar-refractivity contribution < 1.29 is 14.6 Å². The second-order valence-electron chi connectivity index (χ2n) is 5.78. The van der Waals surface area contributed by atoms with E-state index >= 15 is 0 Å². The van der Waals surface area contributed by atoms with E-state index in [0.29, 0.717) is 31.3 Å². The average molecular weight is 300 g/mol. The molecule has 1 aromatic heterocycles. The molecule has 0 amide bonds. The van der Waals surface area contributed by atoms with Crippen LogP contribution in [0.5, 0.6) is 0 Å². The number of carboxylic acids is 1. The van der Waals surface area contributed by atoms with Crippen LogP contribution in [-0.4, -0.2) is 52.5 Å². The molecular weight excluding hydrogens is 282 g/mol. The van der Waals surface area contributed by atoms with E-state index in [2.05, 4.69) is 15.1 Å². The zero-order chi connectivity index (χ0) is 14.3. The number of fused-ring (bicyclic) bond motifs is 1. The Bertz CT molecular complexity index is 533. The summed E-state index contributed by atoms with van der Waals surface area (Å²) in [5.41, 5.74) is 0.856. The number of halogens is 1.